The van der Waals surface area contributed by atoms with Gasteiger partial charge in [0, 0.05) is 12.3 Å². The standard InChI is InChI=1S/C8H7FN2O/c1-12-7-3-2-5-6(9)4-10-8(5)11-7/h2-4H,1H3,(H,10,11). The number of hydrogen-bond acceptors (Lipinski definition) is 2. The van der Waals surface area contributed by atoms with E-state index >= 15 is 0 Å². The maximum absolute atomic E-state index is 12.9. The van der Waals surface area contributed by atoms with Crippen molar-refractivity contribution in [1.29, 1.82) is 0 Å². The molecule has 0 bridgehead atoms. The highest BCUT2D eigenvalue weighted by Gasteiger charge is 2.03. The fraction of sp³-hybridized carbons (Fsp3) is 0.125. The van der Waals surface area contributed by atoms with E-state index < -0.39 is 0 Å². The molecule has 4 heteroatoms. The number of nitrogens with zero attached hydrogens (tertiary/aromatic N) is 1. The highest BCUT2D eigenvalue weighted by Crippen LogP contribution is 2.17. The third-order valence-electron chi connectivity index (χ3n) is 1.67. The number of ether oxygens (including phenoxy) is 1. The van der Waals surface area contributed by atoms with Crippen LogP contribution in [0.2, 0.25) is 0 Å². The Morgan fingerprint density at radius 1 is 1.50 bits per heavy atom. The van der Waals surface area contributed by atoms with Crippen LogP contribution in [-0.4, -0.2) is 17.1 Å². The van der Waals surface area contributed by atoms with Gasteiger partial charge < -0.3 is 9.72 Å². The van der Waals surface area contributed by atoms with E-state index in [4.69, 9.17) is 4.74 Å². The Balaban J connectivity index is 2.69. The lowest BCUT2D eigenvalue weighted by molar-refractivity contribution is 0.399. The van der Waals surface area contributed by atoms with Gasteiger partial charge in [-0.05, 0) is 6.07 Å². The van der Waals surface area contributed by atoms with Crippen molar-refractivity contribution in [3.63, 3.8) is 0 Å². The highest BCUT2D eigenvalue weighted by atomic mass is 19.1. The molecule has 2 heterocycles. The molecule has 2 aromatic heterocycles. The first-order valence-corrected chi connectivity index (χ1v) is 3.49. The van der Waals surface area contributed by atoms with E-state index in [0.29, 0.717) is 16.9 Å². The second-order valence-electron chi connectivity index (χ2n) is 2.39. The van der Waals surface area contributed by atoms with E-state index in [1.54, 1.807) is 12.1 Å². The molecule has 0 atom stereocenters. The summed E-state index contributed by atoms with van der Waals surface area (Å²) in [4.78, 5) is 6.69. The topological polar surface area (TPSA) is 37.9 Å². The monoisotopic (exact) mass is 166 g/mol. The number of halogens is 1. The number of nitrogens with one attached hydrogen (secondary N) is 1. The quantitative estimate of drug-likeness (QED) is 0.700. The van der Waals surface area contributed by atoms with E-state index in [0.717, 1.165) is 0 Å². The SMILES string of the molecule is COc1ccc2c(F)c[nH]c2n1. The zero-order chi connectivity index (χ0) is 8.55. The summed E-state index contributed by atoms with van der Waals surface area (Å²) in [7, 11) is 1.52. The zero-order valence-electron chi connectivity index (χ0n) is 6.47. The number of pyridine rings is 1. The second kappa shape index (κ2) is 2.48. The van der Waals surface area contributed by atoms with Gasteiger partial charge >= 0.3 is 0 Å². The number of fused-ring (bicyclic) bond motifs is 1. The number of rotatable bonds is 1. The Hall–Kier alpha value is -1.58. The summed E-state index contributed by atoms with van der Waals surface area (Å²) in [6.45, 7) is 0. The van der Waals surface area contributed by atoms with Crippen LogP contribution in [0.25, 0.3) is 11.0 Å². The minimum Gasteiger partial charge on any atom is -0.481 e. The van der Waals surface area contributed by atoms with Crippen LogP contribution >= 0.6 is 0 Å². The molecule has 0 unspecified atom stereocenters. The maximum atomic E-state index is 12.9. The lowest BCUT2D eigenvalue weighted by Crippen LogP contribution is -1.86. The van der Waals surface area contributed by atoms with E-state index in [2.05, 4.69) is 9.97 Å². The van der Waals surface area contributed by atoms with E-state index in [1.807, 2.05) is 0 Å². The summed E-state index contributed by atoms with van der Waals surface area (Å²) < 4.78 is 17.7. The number of hydrogen-bond donors (Lipinski definition) is 1. The molecule has 0 aromatic carbocycles. The lowest BCUT2D eigenvalue weighted by Gasteiger charge is -1.96. The fourth-order valence-corrected chi connectivity index (χ4v) is 1.07. The first-order valence-electron chi connectivity index (χ1n) is 3.49. The second-order valence-corrected chi connectivity index (χ2v) is 2.39. The molecule has 0 saturated carbocycles. The van der Waals surface area contributed by atoms with Crippen molar-refractivity contribution in [1.82, 2.24) is 9.97 Å². The molecule has 0 spiro atoms. The molecule has 1 N–H and O–H groups in total. The predicted molar refractivity (Wildman–Crippen MR) is 42.6 cm³/mol. The number of H-pyrrole nitrogens is 1. The minimum absolute atomic E-state index is 0.292. The van der Waals surface area contributed by atoms with Gasteiger partial charge in [0.25, 0.3) is 0 Å². The molecule has 12 heavy (non-hydrogen) atoms. The van der Waals surface area contributed by atoms with Crippen molar-refractivity contribution in [3.05, 3.63) is 24.1 Å². The summed E-state index contributed by atoms with van der Waals surface area (Å²) in [6.07, 6.45) is 1.27. The Kier molecular flexibility index (Phi) is 1.46. The normalized spacial score (nSPS) is 10.5. The predicted octanol–water partition coefficient (Wildman–Crippen LogP) is 1.71. The molecule has 0 aliphatic rings. The van der Waals surface area contributed by atoms with E-state index in [-0.39, 0.29) is 5.82 Å². The first-order chi connectivity index (χ1) is 5.81. The summed E-state index contributed by atoms with van der Waals surface area (Å²) in [5, 5.41) is 0.482. The highest BCUT2D eigenvalue weighted by molar-refractivity contribution is 5.76. The van der Waals surface area contributed by atoms with Crippen molar-refractivity contribution >= 4 is 11.0 Å². The van der Waals surface area contributed by atoms with Crippen molar-refractivity contribution in [2.45, 2.75) is 0 Å². The molecule has 0 amide bonds. The van der Waals surface area contributed by atoms with Gasteiger partial charge in [0.15, 0.2) is 0 Å². The average molecular weight is 166 g/mol. The van der Waals surface area contributed by atoms with Gasteiger partial charge in [-0.25, -0.2) is 4.39 Å². The van der Waals surface area contributed by atoms with Crippen molar-refractivity contribution < 1.29 is 9.13 Å². The minimum atomic E-state index is -0.292. The van der Waals surface area contributed by atoms with Crippen LogP contribution in [0.5, 0.6) is 5.88 Å². The maximum Gasteiger partial charge on any atom is 0.214 e. The van der Waals surface area contributed by atoms with Crippen molar-refractivity contribution in [2.24, 2.45) is 0 Å². The van der Waals surface area contributed by atoms with Gasteiger partial charge in [-0.2, -0.15) is 4.98 Å². The molecule has 2 aromatic rings. The molecule has 0 aliphatic carbocycles. The summed E-state index contributed by atoms with van der Waals surface area (Å²) in [5.74, 6) is 0.185. The fourth-order valence-electron chi connectivity index (χ4n) is 1.07. The van der Waals surface area contributed by atoms with Crippen LogP contribution in [0.15, 0.2) is 18.3 Å². The molecule has 0 fully saturated rings. The molecule has 0 aliphatic heterocycles. The zero-order valence-corrected chi connectivity index (χ0v) is 6.47. The Bertz CT molecular complexity index is 410. The Morgan fingerprint density at radius 2 is 2.33 bits per heavy atom. The Labute approximate surface area is 68.2 Å². The van der Waals surface area contributed by atoms with Crippen LogP contribution in [0.1, 0.15) is 0 Å². The number of methoxy groups -OCH3 is 1. The molecule has 0 saturated heterocycles. The van der Waals surface area contributed by atoms with Crippen LogP contribution in [0.3, 0.4) is 0 Å². The van der Waals surface area contributed by atoms with E-state index in [1.165, 1.54) is 13.3 Å². The van der Waals surface area contributed by atoms with Crippen molar-refractivity contribution in [3.8, 4) is 5.88 Å². The van der Waals surface area contributed by atoms with Crippen LogP contribution in [0, 0.1) is 5.82 Å². The lowest BCUT2D eigenvalue weighted by atomic mass is 10.3. The van der Waals surface area contributed by atoms with Crippen LogP contribution in [-0.2, 0) is 0 Å². The smallest absolute Gasteiger partial charge is 0.214 e. The van der Waals surface area contributed by atoms with Gasteiger partial charge in [-0.15, -0.1) is 0 Å². The molecule has 62 valence electrons. The third kappa shape index (κ3) is 0.922. The summed E-state index contributed by atoms with van der Waals surface area (Å²) in [5.41, 5.74) is 0.506. The average Bonchev–Trinajstić information content (AvgIpc) is 2.47. The first kappa shape index (κ1) is 7.09. The van der Waals surface area contributed by atoms with Crippen LogP contribution in [0.4, 0.5) is 4.39 Å². The van der Waals surface area contributed by atoms with Crippen molar-refractivity contribution in [2.75, 3.05) is 7.11 Å². The van der Waals surface area contributed by atoms with Gasteiger partial charge in [0.2, 0.25) is 5.88 Å². The number of aromatic nitrogens is 2. The van der Waals surface area contributed by atoms with Gasteiger partial charge in [0.1, 0.15) is 11.5 Å². The summed E-state index contributed by atoms with van der Waals surface area (Å²) >= 11 is 0. The largest absolute Gasteiger partial charge is 0.481 e. The molecular weight excluding hydrogens is 159 g/mol. The van der Waals surface area contributed by atoms with E-state index in [9.17, 15) is 4.39 Å². The number of aromatic amines is 1. The van der Waals surface area contributed by atoms with Gasteiger partial charge in [-0.1, -0.05) is 0 Å². The van der Waals surface area contributed by atoms with Crippen LogP contribution < -0.4 is 4.74 Å². The van der Waals surface area contributed by atoms with Gasteiger partial charge in [0.05, 0.1) is 12.5 Å². The molecule has 3 nitrogen and oxygen atoms in total. The summed E-state index contributed by atoms with van der Waals surface area (Å²) in [6, 6.07) is 3.26. The van der Waals surface area contributed by atoms with Gasteiger partial charge in [-0.3, -0.25) is 0 Å². The Morgan fingerprint density at radius 3 is 3.08 bits per heavy atom. The third-order valence-corrected chi connectivity index (χ3v) is 1.67. The molecule has 2 rings (SSSR count). The molecular formula is C8H7FN2O. The molecule has 0 radical (unpaired) electrons.